The van der Waals surface area contributed by atoms with Crippen molar-refractivity contribution in [2.24, 2.45) is 5.92 Å². The molecule has 0 aliphatic carbocycles. The third-order valence-electron chi connectivity index (χ3n) is 2.18. The highest BCUT2D eigenvalue weighted by molar-refractivity contribution is 4.80. The van der Waals surface area contributed by atoms with Gasteiger partial charge in [-0.15, -0.1) is 0 Å². The van der Waals surface area contributed by atoms with Crippen molar-refractivity contribution in [3.63, 3.8) is 0 Å². The minimum atomic E-state index is 0.651. The van der Waals surface area contributed by atoms with E-state index in [1.54, 1.807) is 0 Å². The summed E-state index contributed by atoms with van der Waals surface area (Å²) in [6, 6.07) is 1.35. The number of hydrogen-bond acceptors (Lipinski definition) is 2. The van der Waals surface area contributed by atoms with Crippen LogP contribution in [0.4, 0.5) is 0 Å². The van der Waals surface area contributed by atoms with Crippen LogP contribution in [0, 0.1) is 5.92 Å². The second-order valence-corrected chi connectivity index (χ2v) is 4.04. The van der Waals surface area contributed by atoms with Gasteiger partial charge in [0.1, 0.15) is 0 Å². The summed E-state index contributed by atoms with van der Waals surface area (Å²) in [7, 11) is 0. The van der Waals surface area contributed by atoms with Gasteiger partial charge in [-0.25, -0.2) is 0 Å². The van der Waals surface area contributed by atoms with Crippen molar-refractivity contribution < 1.29 is 0 Å². The van der Waals surface area contributed by atoms with Crippen molar-refractivity contribution in [3.8, 4) is 0 Å². The molecule has 0 bridgehead atoms. The van der Waals surface area contributed by atoms with Crippen LogP contribution < -0.4 is 10.6 Å². The normalized spacial score (nSPS) is 32.7. The molecule has 0 aromatic rings. The Hall–Kier alpha value is -0.0800. The Morgan fingerprint density at radius 1 is 1.27 bits per heavy atom. The Balaban J connectivity index is 2.17. The first-order valence-corrected chi connectivity index (χ1v) is 4.65. The van der Waals surface area contributed by atoms with Crippen LogP contribution in [0.3, 0.4) is 0 Å². The third-order valence-corrected chi connectivity index (χ3v) is 2.18. The predicted octanol–water partition coefficient (Wildman–Crippen LogP) is 0.982. The van der Waals surface area contributed by atoms with Crippen LogP contribution in [0.25, 0.3) is 0 Å². The van der Waals surface area contributed by atoms with Gasteiger partial charge in [-0.3, -0.25) is 0 Å². The first-order chi connectivity index (χ1) is 5.18. The van der Waals surface area contributed by atoms with Crippen LogP contribution >= 0.6 is 0 Å². The van der Waals surface area contributed by atoms with E-state index in [0.29, 0.717) is 12.1 Å². The Labute approximate surface area is 69.8 Å². The van der Waals surface area contributed by atoms with Gasteiger partial charge in [-0.1, -0.05) is 13.8 Å². The zero-order chi connectivity index (χ0) is 8.27. The smallest absolute Gasteiger partial charge is 0.0195 e. The summed E-state index contributed by atoms with van der Waals surface area (Å²) in [5.41, 5.74) is 0. The lowest BCUT2D eigenvalue weighted by Gasteiger charge is -2.30. The van der Waals surface area contributed by atoms with Crippen LogP contribution in [-0.4, -0.2) is 25.2 Å². The van der Waals surface area contributed by atoms with Crippen LogP contribution in [0.5, 0.6) is 0 Å². The Morgan fingerprint density at radius 2 is 2.00 bits per heavy atom. The van der Waals surface area contributed by atoms with Crippen LogP contribution in [-0.2, 0) is 0 Å². The van der Waals surface area contributed by atoms with E-state index in [-0.39, 0.29) is 0 Å². The fourth-order valence-corrected chi connectivity index (χ4v) is 1.57. The molecule has 1 rings (SSSR count). The molecule has 66 valence electrons. The molecule has 1 saturated heterocycles. The maximum Gasteiger partial charge on any atom is 0.0195 e. The zero-order valence-electron chi connectivity index (χ0n) is 7.85. The molecule has 1 aliphatic rings. The van der Waals surface area contributed by atoms with E-state index in [1.165, 1.54) is 6.42 Å². The summed E-state index contributed by atoms with van der Waals surface area (Å²) in [5.74, 6) is 0.808. The molecular weight excluding hydrogens is 136 g/mol. The maximum absolute atomic E-state index is 3.54. The van der Waals surface area contributed by atoms with Crippen molar-refractivity contribution in [2.45, 2.75) is 39.3 Å². The summed E-state index contributed by atoms with van der Waals surface area (Å²) in [5, 5.41) is 7.01. The molecule has 0 aromatic carbocycles. The van der Waals surface area contributed by atoms with Crippen molar-refractivity contribution >= 4 is 0 Å². The van der Waals surface area contributed by atoms with Crippen molar-refractivity contribution in [2.75, 3.05) is 13.1 Å². The van der Waals surface area contributed by atoms with Crippen molar-refractivity contribution in [1.82, 2.24) is 10.6 Å². The Bertz CT molecular complexity index is 104. The Morgan fingerprint density at radius 3 is 2.45 bits per heavy atom. The number of hydrogen-bond donors (Lipinski definition) is 2. The monoisotopic (exact) mass is 156 g/mol. The van der Waals surface area contributed by atoms with Gasteiger partial charge in [0, 0.05) is 25.2 Å². The number of piperazine rings is 1. The van der Waals surface area contributed by atoms with E-state index >= 15 is 0 Å². The molecule has 2 nitrogen and oxygen atoms in total. The first-order valence-electron chi connectivity index (χ1n) is 4.65. The molecule has 2 heteroatoms. The molecule has 0 unspecified atom stereocenters. The summed E-state index contributed by atoms with van der Waals surface area (Å²) in [6.45, 7) is 9.04. The van der Waals surface area contributed by atoms with Gasteiger partial charge >= 0.3 is 0 Å². The summed E-state index contributed by atoms with van der Waals surface area (Å²) >= 11 is 0. The fourth-order valence-electron chi connectivity index (χ4n) is 1.57. The second kappa shape index (κ2) is 4.07. The molecule has 0 aromatic heterocycles. The molecule has 11 heavy (non-hydrogen) atoms. The van der Waals surface area contributed by atoms with Gasteiger partial charge < -0.3 is 10.6 Å². The van der Waals surface area contributed by atoms with E-state index < -0.39 is 0 Å². The third kappa shape index (κ3) is 3.21. The minimum absolute atomic E-state index is 0.651. The van der Waals surface area contributed by atoms with Gasteiger partial charge in [0.15, 0.2) is 0 Å². The molecule has 2 N–H and O–H groups in total. The maximum atomic E-state index is 3.54. The first kappa shape index (κ1) is 9.01. The van der Waals surface area contributed by atoms with Crippen LogP contribution in [0.15, 0.2) is 0 Å². The summed E-state index contributed by atoms with van der Waals surface area (Å²) in [4.78, 5) is 0. The molecular formula is C9H20N2. The minimum Gasteiger partial charge on any atom is -0.311 e. The summed E-state index contributed by atoms with van der Waals surface area (Å²) < 4.78 is 0. The second-order valence-electron chi connectivity index (χ2n) is 4.04. The van der Waals surface area contributed by atoms with Crippen LogP contribution in [0.1, 0.15) is 27.2 Å². The topological polar surface area (TPSA) is 24.1 Å². The molecule has 0 saturated carbocycles. The standard InChI is InChI=1S/C9H20N2/c1-7(2)4-9-6-10-8(3)5-11-9/h7-11H,4-6H2,1-3H3/t8-,9-/m1/s1. The highest BCUT2D eigenvalue weighted by Gasteiger charge is 2.16. The van der Waals surface area contributed by atoms with E-state index in [4.69, 9.17) is 0 Å². The van der Waals surface area contributed by atoms with Gasteiger partial charge in [0.25, 0.3) is 0 Å². The number of nitrogens with one attached hydrogen (secondary N) is 2. The molecule has 0 spiro atoms. The van der Waals surface area contributed by atoms with Gasteiger partial charge in [-0.05, 0) is 19.3 Å². The fraction of sp³-hybridized carbons (Fsp3) is 1.00. The largest absolute Gasteiger partial charge is 0.311 e. The summed E-state index contributed by atoms with van der Waals surface area (Å²) in [6.07, 6.45) is 1.29. The highest BCUT2D eigenvalue weighted by atomic mass is 15.1. The lowest BCUT2D eigenvalue weighted by molar-refractivity contribution is 0.322. The van der Waals surface area contributed by atoms with E-state index in [2.05, 4.69) is 31.4 Å². The van der Waals surface area contributed by atoms with E-state index in [1.807, 2.05) is 0 Å². The molecule has 1 aliphatic heterocycles. The molecule has 0 radical (unpaired) electrons. The van der Waals surface area contributed by atoms with Gasteiger partial charge in [0.05, 0.1) is 0 Å². The molecule has 0 amide bonds. The zero-order valence-corrected chi connectivity index (χ0v) is 7.85. The van der Waals surface area contributed by atoms with Crippen molar-refractivity contribution in [3.05, 3.63) is 0 Å². The highest BCUT2D eigenvalue weighted by Crippen LogP contribution is 2.06. The molecule has 2 atom stereocenters. The average molecular weight is 156 g/mol. The van der Waals surface area contributed by atoms with E-state index in [9.17, 15) is 0 Å². The van der Waals surface area contributed by atoms with Gasteiger partial charge in [0.2, 0.25) is 0 Å². The molecule has 1 heterocycles. The lowest BCUT2D eigenvalue weighted by atomic mass is 10.0. The Kier molecular flexibility index (Phi) is 3.34. The SMILES string of the molecule is CC(C)C[C@@H]1CN[C@H](C)CN1. The van der Waals surface area contributed by atoms with Gasteiger partial charge in [-0.2, -0.15) is 0 Å². The van der Waals surface area contributed by atoms with Crippen LogP contribution in [0.2, 0.25) is 0 Å². The number of rotatable bonds is 2. The van der Waals surface area contributed by atoms with E-state index in [0.717, 1.165) is 19.0 Å². The predicted molar refractivity (Wildman–Crippen MR) is 48.7 cm³/mol. The average Bonchev–Trinajstić information content (AvgIpc) is 1.93. The quantitative estimate of drug-likeness (QED) is 0.623. The molecule has 1 fully saturated rings. The van der Waals surface area contributed by atoms with Crippen molar-refractivity contribution in [1.29, 1.82) is 0 Å². The lowest BCUT2D eigenvalue weighted by Crippen LogP contribution is -2.53.